The molecule has 0 aromatic heterocycles. The fraction of sp³-hybridized carbons (Fsp3) is 0.750. The predicted octanol–water partition coefficient (Wildman–Crippen LogP) is 2.95. The van der Waals surface area contributed by atoms with Crippen LogP contribution < -0.4 is 0 Å². The quantitative estimate of drug-likeness (QED) is 0.249. The number of hydrogen-bond acceptors (Lipinski definition) is 6. The Kier molecular flexibility index (Phi) is 8.40. The number of rotatable bonds is 12. The first-order valence-electron chi connectivity index (χ1n) is 13.2. The lowest BCUT2D eigenvalue weighted by Crippen LogP contribution is -2.60. The third-order valence-corrected chi connectivity index (χ3v) is 8.58. The fourth-order valence-electron chi connectivity index (χ4n) is 6.63. The summed E-state index contributed by atoms with van der Waals surface area (Å²) in [6, 6.07) is -1.66. The maximum absolute atomic E-state index is 14.2. The first-order chi connectivity index (χ1) is 16.9. The molecule has 0 radical (unpaired) electrons. The molecule has 3 saturated heterocycles. The highest BCUT2D eigenvalue weighted by Crippen LogP contribution is 2.65. The zero-order chi connectivity index (χ0) is 27.0. The molecule has 202 valence electrons. The van der Waals surface area contributed by atoms with Gasteiger partial charge in [-0.3, -0.25) is 14.4 Å². The third kappa shape index (κ3) is 4.30. The van der Waals surface area contributed by atoms with Crippen molar-refractivity contribution in [3.8, 4) is 0 Å². The molecule has 2 bridgehead atoms. The Balaban J connectivity index is 2.11. The van der Waals surface area contributed by atoms with E-state index >= 15 is 0 Å². The van der Waals surface area contributed by atoms with Gasteiger partial charge in [-0.25, -0.2) is 0 Å². The molecule has 8 heteroatoms. The molecule has 3 heterocycles. The minimum Gasteiger partial charge on any atom is -0.465 e. The molecule has 0 aromatic carbocycles. The molecular weight excluding hydrogens is 460 g/mol. The lowest BCUT2D eigenvalue weighted by molar-refractivity contribution is -0.164. The van der Waals surface area contributed by atoms with Gasteiger partial charge >= 0.3 is 5.97 Å². The molecule has 3 aliphatic rings. The van der Waals surface area contributed by atoms with Gasteiger partial charge in [-0.2, -0.15) is 0 Å². The van der Waals surface area contributed by atoms with Gasteiger partial charge in [0.25, 0.3) is 0 Å². The second kappa shape index (κ2) is 10.7. The number of nitrogens with zero attached hydrogens (tertiary/aromatic N) is 2. The van der Waals surface area contributed by atoms with E-state index in [2.05, 4.69) is 13.2 Å². The Labute approximate surface area is 215 Å². The number of allylic oxidation sites excluding steroid dienone is 1. The standard InChI is InChI=1S/C28H44N2O6/c1-9-11-12-14-35-26(34)22-21-24(32)30(20(16-31)17(3)4)23(25(33)29(13-10-2)18(5)6)28(21)15-19(7)27(22,8)36-28/h9-10,17-23,31H,1-2,11-16H2,3-8H3/t19?,20-,21-,22+,23?,27-,28?/m0/s1. The molecule has 3 fully saturated rings. The molecule has 3 unspecified atom stereocenters. The Morgan fingerprint density at radius 2 is 1.94 bits per heavy atom. The van der Waals surface area contributed by atoms with Gasteiger partial charge in [-0.15, -0.1) is 13.2 Å². The molecule has 0 saturated carbocycles. The number of aliphatic hydroxyl groups is 1. The van der Waals surface area contributed by atoms with Crippen molar-refractivity contribution >= 4 is 17.8 Å². The van der Waals surface area contributed by atoms with Crippen LogP contribution in [-0.4, -0.2) is 81.8 Å². The van der Waals surface area contributed by atoms with E-state index in [1.807, 2.05) is 41.5 Å². The molecule has 8 nitrogen and oxygen atoms in total. The van der Waals surface area contributed by atoms with Gasteiger partial charge in [0, 0.05) is 12.6 Å². The number of esters is 1. The fourth-order valence-corrected chi connectivity index (χ4v) is 6.63. The van der Waals surface area contributed by atoms with E-state index < -0.39 is 41.1 Å². The third-order valence-electron chi connectivity index (χ3n) is 8.58. The van der Waals surface area contributed by atoms with Crippen LogP contribution in [0.2, 0.25) is 0 Å². The molecule has 0 aliphatic carbocycles. The molecular formula is C28H44N2O6. The summed E-state index contributed by atoms with van der Waals surface area (Å²) in [7, 11) is 0. The van der Waals surface area contributed by atoms with Gasteiger partial charge in [-0.1, -0.05) is 32.9 Å². The van der Waals surface area contributed by atoms with Crippen LogP contribution in [0, 0.1) is 23.7 Å². The van der Waals surface area contributed by atoms with Crippen molar-refractivity contribution in [2.24, 2.45) is 23.7 Å². The summed E-state index contributed by atoms with van der Waals surface area (Å²) in [5.41, 5.74) is -2.09. The van der Waals surface area contributed by atoms with Crippen LogP contribution in [0.4, 0.5) is 0 Å². The summed E-state index contributed by atoms with van der Waals surface area (Å²) in [6.07, 6.45) is 5.28. The molecule has 3 rings (SSSR count). The average Bonchev–Trinajstić information content (AvgIpc) is 3.32. The van der Waals surface area contributed by atoms with E-state index in [1.54, 1.807) is 17.1 Å². The van der Waals surface area contributed by atoms with Crippen LogP contribution in [0.3, 0.4) is 0 Å². The highest BCUT2D eigenvalue weighted by molar-refractivity contribution is 5.99. The number of unbranched alkanes of at least 4 members (excludes halogenated alkanes) is 1. The molecule has 1 spiro atoms. The predicted molar refractivity (Wildman–Crippen MR) is 137 cm³/mol. The largest absolute Gasteiger partial charge is 0.465 e. The first-order valence-corrected chi connectivity index (χ1v) is 13.2. The Morgan fingerprint density at radius 1 is 1.28 bits per heavy atom. The lowest BCUT2D eigenvalue weighted by Gasteiger charge is -2.41. The van der Waals surface area contributed by atoms with E-state index in [0.29, 0.717) is 19.4 Å². The van der Waals surface area contributed by atoms with E-state index in [1.165, 1.54) is 4.90 Å². The summed E-state index contributed by atoms with van der Waals surface area (Å²) in [5.74, 6) is -2.85. The van der Waals surface area contributed by atoms with Gasteiger partial charge < -0.3 is 24.4 Å². The van der Waals surface area contributed by atoms with Crippen LogP contribution in [-0.2, 0) is 23.9 Å². The summed E-state index contributed by atoms with van der Waals surface area (Å²) in [6.45, 7) is 19.3. The molecule has 0 aromatic rings. The number of carbonyl (C=O) groups is 3. The van der Waals surface area contributed by atoms with Crippen molar-refractivity contribution in [1.82, 2.24) is 9.80 Å². The van der Waals surface area contributed by atoms with Gasteiger partial charge in [-0.05, 0) is 51.9 Å². The van der Waals surface area contributed by atoms with Crippen LogP contribution in [0.5, 0.6) is 0 Å². The van der Waals surface area contributed by atoms with Gasteiger partial charge in [0.15, 0.2) is 0 Å². The SMILES string of the molecule is C=CCCCOC(=O)[C@H]1[C@H]2C(=O)N([C@@H](CO)C(C)C)C(C(=O)N(CC=C)C(C)C)C23CC(C)[C@]1(C)O3. The molecule has 1 N–H and O–H groups in total. The van der Waals surface area contributed by atoms with Crippen LogP contribution in [0.1, 0.15) is 60.8 Å². The molecule has 36 heavy (non-hydrogen) atoms. The van der Waals surface area contributed by atoms with E-state index in [0.717, 1.165) is 6.42 Å². The van der Waals surface area contributed by atoms with Gasteiger partial charge in [0.05, 0.1) is 30.8 Å². The minimum atomic E-state index is -1.16. The van der Waals surface area contributed by atoms with Crippen LogP contribution in [0.15, 0.2) is 25.3 Å². The summed E-state index contributed by atoms with van der Waals surface area (Å²) in [4.78, 5) is 45.1. The Bertz CT molecular complexity index is 887. The summed E-state index contributed by atoms with van der Waals surface area (Å²) < 4.78 is 12.4. The minimum absolute atomic E-state index is 0.0685. The highest BCUT2D eigenvalue weighted by Gasteiger charge is 2.80. The maximum Gasteiger partial charge on any atom is 0.312 e. The number of fused-ring (bicyclic) bond motifs is 1. The number of aliphatic hydroxyl groups excluding tert-OH is 1. The lowest BCUT2D eigenvalue weighted by atomic mass is 9.62. The highest BCUT2D eigenvalue weighted by atomic mass is 16.6. The van der Waals surface area contributed by atoms with Crippen molar-refractivity contribution in [3.05, 3.63) is 25.3 Å². The smallest absolute Gasteiger partial charge is 0.312 e. The number of carbonyl (C=O) groups excluding carboxylic acids is 3. The zero-order valence-corrected chi connectivity index (χ0v) is 22.7. The van der Waals surface area contributed by atoms with Crippen LogP contribution >= 0.6 is 0 Å². The number of likely N-dealkylation sites (tertiary alicyclic amines) is 1. The van der Waals surface area contributed by atoms with E-state index in [4.69, 9.17) is 9.47 Å². The Morgan fingerprint density at radius 3 is 2.47 bits per heavy atom. The van der Waals surface area contributed by atoms with Crippen molar-refractivity contribution in [1.29, 1.82) is 0 Å². The van der Waals surface area contributed by atoms with Gasteiger partial charge in [0.1, 0.15) is 17.6 Å². The second-order valence-corrected chi connectivity index (χ2v) is 11.4. The molecule has 3 aliphatic heterocycles. The van der Waals surface area contributed by atoms with E-state index in [9.17, 15) is 19.5 Å². The summed E-state index contributed by atoms with van der Waals surface area (Å²) in [5, 5.41) is 10.3. The number of ether oxygens (including phenoxy) is 2. The van der Waals surface area contributed by atoms with Crippen molar-refractivity contribution in [2.75, 3.05) is 19.8 Å². The van der Waals surface area contributed by atoms with Crippen molar-refractivity contribution < 1.29 is 29.0 Å². The number of hydrogen-bond donors (Lipinski definition) is 1. The average molecular weight is 505 g/mol. The first kappa shape index (κ1) is 28.4. The number of amides is 2. The molecule has 2 amide bonds. The second-order valence-electron chi connectivity index (χ2n) is 11.4. The topological polar surface area (TPSA) is 96.4 Å². The zero-order valence-electron chi connectivity index (χ0n) is 22.7. The summed E-state index contributed by atoms with van der Waals surface area (Å²) >= 11 is 0. The van der Waals surface area contributed by atoms with Crippen molar-refractivity contribution in [2.45, 2.75) is 90.1 Å². The Hall–Kier alpha value is -2.19. The normalized spacial score (nSPS) is 33.7. The van der Waals surface area contributed by atoms with Crippen LogP contribution in [0.25, 0.3) is 0 Å². The van der Waals surface area contributed by atoms with E-state index in [-0.39, 0.29) is 42.9 Å². The van der Waals surface area contributed by atoms with Gasteiger partial charge in [0.2, 0.25) is 11.8 Å². The molecule has 7 atom stereocenters. The van der Waals surface area contributed by atoms with Crippen molar-refractivity contribution in [3.63, 3.8) is 0 Å². The monoisotopic (exact) mass is 504 g/mol. The maximum atomic E-state index is 14.2.